The van der Waals surface area contributed by atoms with Gasteiger partial charge in [0.1, 0.15) is 16.7 Å². The molecule has 2 heterocycles. The van der Waals surface area contributed by atoms with Crippen molar-refractivity contribution in [2.24, 2.45) is 7.05 Å². The lowest BCUT2D eigenvalue weighted by molar-refractivity contribution is 0.595. The molecule has 9 heteroatoms. The maximum absolute atomic E-state index is 11.4. The topological polar surface area (TPSA) is 120 Å². The van der Waals surface area contributed by atoms with Gasteiger partial charge in [-0.2, -0.15) is 4.98 Å². The first-order valence-corrected chi connectivity index (χ1v) is 7.10. The minimum Gasteiger partial charge on any atom is -0.383 e. The molecule has 8 nitrogen and oxygen atoms in total. The van der Waals surface area contributed by atoms with Crippen molar-refractivity contribution in [1.82, 2.24) is 24.7 Å². The zero-order chi connectivity index (χ0) is 15.7. The Labute approximate surface area is 124 Å². The van der Waals surface area contributed by atoms with Gasteiger partial charge in [-0.15, -0.1) is 0 Å². The molecule has 0 radical (unpaired) electrons. The first kappa shape index (κ1) is 15.2. The van der Waals surface area contributed by atoms with E-state index in [1.165, 1.54) is 4.68 Å². The van der Waals surface area contributed by atoms with Crippen molar-refractivity contribution in [1.29, 1.82) is 0 Å². The second-order valence-electron chi connectivity index (χ2n) is 4.85. The molecule has 0 saturated carbocycles. The zero-order valence-electron chi connectivity index (χ0n) is 12.2. The van der Waals surface area contributed by atoms with Gasteiger partial charge in [0, 0.05) is 18.5 Å². The number of H-pyrrole nitrogens is 1. The molecule has 21 heavy (non-hydrogen) atoms. The third-order valence-corrected chi connectivity index (χ3v) is 3.95. The van der Waals surface area contributed by atoms with Crippen LogP contribution in [0.3, 0.4) is 0 Å². The highest BCUT2D eigenvalue weighted by molar-refractivity contribution is 7.99. The van der Waals surface area contributed by atoms with E-state index in [0.717, 1.165) is 11.8 Å². The van der Waals surface area contributed by atoms with Crippen LogP contribution in [0.15, 0.2) is 19.8 Å². The highest BCUT2D eigenvalue weighted by Crippen LogP contribution is 2.29. The first-order valence-electron chi connectivity index (χ1n) is 6.28. The van der Waals surface area contributed by atoms with Gasteiger partial charge in [-0.05, 0) is 18.7 Å². The summed E-state index contributed by atoms with van der Waals surface area (Å²) in [6, 6.07) is 0. The number of aryl methyl sites for hydroxylation is 1. The van der Waals surface area contributed by atoms with E-state index in [2.05, 4.69) is 20.1 Å². The van der Waals surface area contributed by atoms with Crippen LogP contribution >= 0.6 is 11.8 Å². The van der Waals surface area contributed by atoms with E-state index in [9.17, 15) is 9.59 Å². The van der Waals surface area contributed by atoms with Gasteiger partial charge in [-0.25, -0.2) is 9.97 Å². The number of nitrogen functional groups attached to an aromatic ring is 1. The number of nitrogens with two attached hydrogens (primary N) is 1. The van der Waals surface area contributed by atoms with Gasteiger partial charge >= 0.3 is 11.1 Å². The summed E-state index contributed by atoms with van der Waals surface area (Å²) in [6.07, 6.45) is 0. The van der Waals surface area contributed by atoms with E-state index in [1.807, 2.05) is 13.8 Å². The predicted octanol–water partition coefficient (Wildman–Crippen LogP) is 0.424. The van der Waals surface area contributed by atoms with Crippen molar-refractivity contribution in [2.75, 3.05) is 5.73 Å². The number of hydrogen-bond acceptors (Lipinski definition) is 7. The Morgan fingerprint density at radius 3 is 2.52 bits per heavy atom. The van der Waals surface area contributed by atoms with Gasteiger partial charge in [-0.3, -0.25) is 19.4 Å². The normalized spacial score (nSPS) is 11.1. The molecule has 2 rings (SSSR count). The fourth-order valence-electron chi connectivity index (χ4n) is 1.53. The summed E-state index contributed by atoms with van der Waals surface area (Å²) in [7, 11) is 1.60. The molecule has 0 saturated heterocycles. The van der Waals surface area contributed by atoms with Crippen molar-refractivity contribution in [3.63, 3.8) is 0 Å². The van der Waals surface area contributed by atoms with E-state index in [4.69, 9.17) is 5.73 Å². The van der Waals surface area contributed by atoms with E-state index in [1.54, 1.807) is 14.0 Å². The Balaban J connectivity index is 2.51. The Morgan fingerprint density at radius 2 is 1.90 bits per heavy atom. The van der Waals surface area contributed by atoms with E-state index in [0.29, 0.717) is 27.4 Å². The van der Waals surface area contributed by atoms with Crippen molar-refractivity contribution in [3.8, 4) is 0 Å². The minimum absolute atomic E-state index is 0.125. The number of nitrogens with zero attached hydrogens (tertiary/aromatic N) is 4. The third-order valence-electron chi connectivity index (χ3n) is 2.81. The lowest BCUT2D eigenvalue weighted by atomic mass is 10.2. The average molecular weight is 308 g/mol. The molecule has 0 atom stereocenters. The summed E-state index contributed by atoms with van der Waals surface area (Å²) in [5.41, 5.74) is 5.01. The molecule has 2 aromatic rings. The first-order chi connectivity index (χ1) is 9.79. The molecule has 0 unspecified atom stereocenters. The van der Waals surface area contributed by atoms with Gasteiger partial charge in [-0.1, -0.05) is 13.8 Å². The van der Waals surface area contributed by atoms with Crippen LogP contribution in [0, 0.1) is 6.92 Å². The number of nitrogens with one attached hydrogen (secondary N) is 1. The molecule has 0 aromatic carbocycles. The van der Waals surface area contributed by atoms with Crippen LogP contribution in [0.5, 0.6) is 0 Å². The second-order valence-corrected chi connectivity index (χ2v) is 5.81. The predicted molar refractivity (Wildman–Crippen MR) is 79.5 cm³/mol. The molecule has 0 bridgehead atoms. The SMILES string of the molecule is Cc1c(N)nc(C(C)C)nc1Sc1nc(=O)c(=O)[nH]n1C. The van der Waals surface area contributed by atoms with E-state index >= 15 is 0 Å². The number of hydrogen-bond donors (Lipinski definition) is 2. The van der Waals surface area contributed by atoms with Crippen LogP contribution in [0.1, 0.15) is 31.2 Å². The third kappa shape index (κ3) is 3.13. The number of aromatic amines is 1. The number of anilines is 1. The van der Waals surface area contributed by atoms with Crippen molar-refractivity contribution >= 4 is 17.6 Å². The maximum Gasteiger partial charge on any atom is 0.339 e. The average Bonchev–Trinajstić information content (AvgIpc) is 2.40. The maximum atomic E-state index is 11.4. The second kappa shape index (κ2) is 5.68. The van der Waals surface area contributed by atoms with Crippen LogP contribution in [-0.4, -0.2) is 24.7 Å². The molecule has 3 N–H and O–H groups in total. The Hall–Kier alpha value is -2.16. The smallest absolute Gasteiger partial charge is 0.339 e. The molecule has 0 aliphatic carbocycles. The fourth-order valence-corrected chi connectivity index (χ4v) is 2.41. The molecule has 2 aromatic heterocycles. The quantitative estimate of drug-likeness (QED) is 0.623. The Morgan fingerprint density at radius 1 is 1.24 bits per heavy atom. The Bertz CT molecular complexity index is 795. The summed E-state index contributed by atoms with van der Waals surface area (Å²) < 4.78 is 1.38. The molecule has 0 aliphatic heterocycles. The van der Waals surface area contributed by atoms with E-state index < -0.39 is 11.1 Å². The fraction of sp³-hybridized carbons (Fsp3) is 0.417. The van der Waals surface area contributed by atoms with Gasteiger partial charge in [0.2, 0.25) is 0 Å². The molecule has 0 amide bonds. The highest BCUT2D eigenvalue weighted by atomic mass is 32.2. The Kier molecular flexibility index (Phi) is 4.12. The lowest BCUT2D eigenvalue weighted by Gasteiger charge is -2.12. The van der Waals surface area contributed by atoms with Crippen molar-refractivity contribution < 1.29 is 0 Å². The van der Waals surface area contributed by atoms with Crippen LogP contribution in [0.2, 0.25) is 0 Å². The minimum atomic E-state index is -0.834. The van der Waals surface area contributed by atoms with Gasteiger partial charge in [0.25, 0.3) is 0 Å². The van der Waals surface area contributed by atoms with Crippen LogP contribution < -0.4 is 16.9 Å². The summed E-state index contributed by atoms with van der Waals surface area (Å²) in [5, 5.41) is 3.33. The number of rotatable bonds is 3. The van der Waals surface area contributed by atoms with Gasteiger partial charge in [0.15, 0.2) is 5.16 Å². The molecular formula is C12H16N6O2S. The summed E-state index contributed by atoms with van der Waals surface area (Å²) >= 11 is 1.16. The highest BCUT2D eigenvalue weighted by Gasteiger charge is 2.15. The summed E-state index contributed by atoms with van der Waals surface area (Å²) in [6.45, 7) is 5.73. The van der Waals surface area contributed by atoms with Crippen molar-refractivity contribution in [2.45, 2.75) is 36.9 Å². The summed E-state index contributed by atoms with van der Waals surface area (Å²) in [5.74, 6) is 1.14. The molecule has 0 spiro atoms. The largest absolute Gasteiger partial charge is 0.383 e. The van der Waals surface area contributed by atoms with E-state index in [-0.39, 0.29) is 5.92 Å². The molecule has 0 aliphatic rings. The standard InChI is InChI=1S/C12H16N6O2S/c1-5(2)8-14-7(13)6(3)11(15-8)21-12-16-9(19)10(20)17-18(12)4/h5H,1-4H3,(H,17,20)(H2,13,14,15). The molecular weight excluding hydrogens is 292 g/mol. The monoisotopic (exact) mass is 308 g/mol. The number of aromatic nitrogens is 5. The van der Waals surface area contributed by atoms with Crippen LogP contribution in [-0.2, 0) is 7.05 Å². The van der Waals surface area contributed by atoms with Crippen LogP contribution in [0.25, 0.3) is 0 Å². The van der Waals surface area contributed by atoms with Gasteiger partial charge < -0.3 is 5.73 Å². The molecule has 112 valence electrons. The lowest BCUT2D eigenvalue weighted by Crippen LogP contribution is -2.33. The van der Waals surface area contributed by atoms with Gasteiger partial charge in [0.05, 0.1) is 0 Å². The zero-order valence-corrected chi connectivity index (χ0v) is 13.0. The van der Waals surface area contributed by atoms with Crippen molar-refractivity contribution in [3.05, 3.63) is 32.1 Å². The summed E-state index contributed by atoms with van der Waals surface area (Å²) in [4.78, 5) is 35.0. The van der Waals surface area contributed by atoms with Crippen LogP contribution in [0.4, 0.5) is 5.82 Å². The molecule has 0 fully saturated rings.